The molecule has 0 spiro atoms. The molecule has 0 bridgehead atoms. The van der Waals surface area contributed by atoms with Crippen LogP contribution in [-0.2, 0) is 19.2 Å². The molecule has 19 heavy (non-hydrogen) atoms. The fraction of sp³-hybridized carbons (Fsp3) is 0.538. The highest BCUT2D eigenvalue weighted by molar-refractivity contribution is 7.98. The molecule has 1 aliphatic rings. The van der Waals surface area contributed by atoms with Crippen LogP contribution >= 0.6 is 23.1 Å². The number of fused-ring (bicyclic) bond motifs is 1. The van der Waals surface area contributed by atoms with Crippen LogP contribution in [0.15, 0.2) is 12.3 Å². The van der Waals surface area contributed by atoms with Crippen LogP contribution in [0.1, 0.15) is 34.0 Å². The molecular weight excluding hydrogens is 276 g/mol. The van der Waals surface area contributed by atoms with Gasteiger partial charge in [-0.25, -0.2) is 0 Å². The Morgan fingerprint density at radius 2 is 2.42 bits per heavy atom. The lowest BCUT2D eigenvalue weighted by Gasteiger charge is -2.15. The first-order valence-electron chi connectivity index (χ1n) is 6.56. The van der Waals surface area contributed by atoms with Crippen molar-refractivity contribution in [2.45, 2.75) is 25.1 Å². The summed E-state index contributed by atoms with van der Waals surface area (Å²) in [7, 11) is 1.95. The molecule has 0 aromatic carbocycles. The largest absolute Gasteiger partial charge is 0.305 e. The molecule has 102 valence electrons. The minimum Gasteiger partial charge on any atom is -0.305 e. The standard InChI is InChI=1S/C13H18N4S2/c1-3-14-13(10-7-15-16-17(10)2)12-6-9-8-18-5-4-11(9)19-12/h6-7,13-14H,3-5,8H2,1-2H3. The van der Waals surface area contributed by atoms with Crippen LogP contribution in [0.5, 0.6) is 0 Å². The van der Waals surface area contributed by atoms with Gasteiger partial charge in [-0.2, -0.15) is 11.8 Å². The lowest BCUT2D eigenvalue weighted by molar-refractivity contribution is 0.574. The zero-order chi connectivity index (χ0) is 13.2. The Morgan fingerprint density at radius 1 is 1.53 bits per heavy atom. The van der Waals surface area contributed by atoms with Gasteiger partial charge >= 0.3 is 0 Å². The number of thiophene rings is 1. The van der Waals surface area contributed by atoms with Gasteiger partial charge in [0.1, 0.15) is 0 Å². The van der Waals surface area contributed by atoms with Crippen molar-refractivity contribution in [1.29, 1.82) is 0 Å². The van der Waals surface area contributed by atoms with E-state index >= 15 is 0 Å². The predicted octanol–water partition coefficient (Wildman–Crippen LogP) is 2.36. The lowest BCUT2D eigenvalue weighted by Crippen LogP contribution is -2.23. The van der Waals surface area contributed by atoms with Crippen LogP contribution in [0.3, 0.4) is 0 Å². The third-order valence-electron chi connectivity index (χ3n) is 3.38. The summed E-state index contributed by atoms with van der Waals surface area (Å²) in [6.07, 6.45) is 3.08. The zero-order valence-electron chi connectivity index (χ0n) is 11.2. The van der Waals surface area contributed by atoms with Gasteiger partial charge in [0, 0.05) is 22.6 Å². The molecule has 3 heterocycles. The van der Waals surface area contributed by atoms with E-state index in [2.05, 4.69) is 28.6 Å². The second kappa shape index (κ2) is 5.64. The maximum Gasteiger partial charge on any atom is 0.0858 e. The molecule has 6 heteroatoms. The molecule has 0 aliphatic carbocycles. The van der Waals surface area contributed by atoms with Crippen LogP contribution < -0.4 is 5.32 Å². The van der Waals surface area contributed by atoms with Crippen LogP contribution in [0.25, 0.3) is 0 Å². The number of thioether (sulfide) groups is 1. The Kier molecular flexibility index (Phi) is 3.91. The van der Waals surface area contributed by atoms with Gasteiger partial charge in [-0.05, 0) is 30.3 Å². The van der Waals surface area contributed by atoms with Gasteiger partial charge in [-0.1, -0.05) is 12.1 Å². The molecule has 0 radical (unpaired) electrons. The van der Waals surface area contributed by atoms with Crippen molar-refractivity contribution in [2.24, 2.45) is 7.05 Å². The first-order chi connectivity index (χ1) is 9.29. The molecule has 2 aromatic heterocycles. The van der Waals surface area contributed by atoms with E-state index in [1.54, 1.807) is 4.88 Å². The minimum atomic E-state index is 0.214. The van der Waals surface area contributed by atoms with Crippen LogP contribution in [0.2, 0.25) is 0 Å². The van der Waals surface area contributed by atoms with Gasteiger partial charge in [0.2, 0.25) is 0 Å². The monoisotopic (exact) mass is 294 g/mol. The minimum absolute atomic E-state index is 0.214. The van der Waals surface area contributed by atoms with Crippen LogP contribution in [0, 0.1) is 0 Å². The molecule has 2 aromatic rings. The first kappa shape index (κ1) is 13.1. The number of nitrogens with one attached hydrogen (secondary N) is 1. The number of aryl methyl sites for hydroxylation is 2. The van der Waals surface area contributed by atoms with Crippen molar-refractivity contribution in [3.63, 3.8) is 0 Å². The summed E-state index contributed by atoms with van der Waals surface area (Å²) in [6.45, 7) is 3.08. The molecule has 1 unspecified atom stereocenters. The van der Waals surface area contributed by atoms with Crippen molar-refractivity contribution in [1.82, 2.24) is 20.3 Å². The number of rotatable bonds is 4. The number of hydrogen-bond acceptors (Lipinski definition) is 5. The van der Waals surface area contributed by atoms with Gasteiger partial charge in [0.25, 0.3) is 0 Å². The number of aromatic nitrogens is 3. The Labute approximate surface area is 121 Å². The Balaban J connectivity index is 1.96. The molecule has 0 amide bonds. The highest BCUT2D eigenvalue weighted by atomic mass is 32.2. The van der Waals surface area contributed by atoms with Crippen molar-refractivity contribution in [3.05, 3.63) is 33.3 Å². The molecule has 3 rings (SSSR count). The molecule has 0 fully saturated rings. The lowest BCUT2D eigenvalue weighted by atomic mass is 10.1. The second-order valence-corrected chi connectivity index (χ2v) is 6.95. The van der Waals surface area contributed by atoms with E-state index < -0.39 is 0 Å². The summed E-state index contributed by atoms with van der Waals surface area (Å²) >= 11 is 3.98. The Bertz CT molecular complexity index is 537. The molecule has 0 saturated heterocycles. The Morgan fingerprint density at radius 3 is 3.11 bits per heavy atom. The fourth-order valence-corrected chi connectivity index (χ4v) is 4.89. The van der Waals surface area contributed by atoms with Crippen LogP contribution in [-0.4, -0.2) is 27.3 Å². The van der Waals surface area contributed by atoms with Crippen LogP contribution in [0.4, 0.5) is 0 Å². The quantitative estimate of drug-likeness (QED) is 0.940. The first-order valence-corrected chi connectivity index (χ1v) is 8.54. The second-order valence-electron chi connectivity index (χ2n) is 4.67. The van der Waals surface area contributed by atoms with E-state index in [1.165, 1.54) is 22.6 Å². The van der Waals surface area contributed by atoms with Gasteiger partial charge in [-0.15, -0.1) is 16.4 Å². The van der Waals surface area contributed by atoms with Crippen molar-refractivity contribution in [2.75, 3.05) is 12.3 Å². The zero-order valence-corrected chi connectivity index (χ0v) is 12.9. The van der Waals surface area contributed by atoms with E-state index in [-0.39, 0.29) is 6.04 Å². The maximum absolute atomic E-state index is 4.05. The van der Waals surface area contributed by atoms with Crippen molar-refractivity contribution < 1.29 is 0 Å². The Hall–Kier alpha value is -0.850. The van der Waals surface area contributed by atoms with Gasteiger partial charge in [0.15, 0.2) is 0 Å². The molecule has 4 nitrogen and oxygen atoms in total. The summed E-state index contributed by atoms with van der Waals surface area (Å²) in [6, 6.07) is 2.58. The number of nitrogens with zero attached hydrogens (tertiary/aromatic N) is 3. The third-order valence-corrected chi connectivity index (χ3v) is 5.69. The van der Waals surface area contributed by atoms with Gasteiger partial charge in [0.05, 0.1) is 17.9 Å². The summed E-state index contributed by atoms with van der Waals surface area (Å²) in [5.74, 6) is 2.42. The van der Waals surface area contributed by atoms with E-state index in [1.807, 2.05) is 41.0 Å². The summed E-state index contributed by atoms with van der Waals surface area (Å²) in [4.78, 5) is 2.95. The highest BCUT2D eigenvalue weighted by Gasteiger charge is 2.22. The SMILES string of the molecule is CCNC(c1cc2c(s1)CCSC2)c1cnnn1C. The van der Waals surface area contributed by atoms with Crippen molar-refractivity contribution >= 4 is 23.1 Å². The molecule has 0 saturated carbocycles. The van der Waals surface area contributed by atoms with E-state index in [0.717, 1.165) is 18.0 Å². The fourth-order valence-electron chi connectivity index (χ4n) is 2.43. The molecule has 1 N–H and O–H groups in total. The summed E-state index contributed by atoms with van der Waals surface area (Å²) in [5.41, 5.74) is 2.65. The number of hydrogen-bond donors (Lipinski definition) is 1. The maximum atomic E-state index is 4.05. The molecule has 1 atom stereocenters. The average Bonchev–Trinajstić information content (AvgIpc) is 3.02. The normalized spacial score (nSPS) is 16.3. The van der Waals surface area contributed by atoms with Crippen molar-refractivity contribution in [3.8, 4) is 0 Å². The van der Waals surface area contributed by atoms with E-state index in [0.29, 0.717) is 0 Å². The summed E-state index contributed by atoms with van der Waals surface area (Å²) < 4.78 is 1.86. The molecular formula is C13H18N4S2. The van der Waals surface area contributed by atoms with E-state index in [9.17, 15) is 0 Å². The summed E-state index contributed by atoms with van der Waals surface area (Å²) in [5, 5.41) is 11.6. The van der Waals surface area contributed by atoms with Gasteiger partial charge in [-0.3, -0.25) is 4.68 Å². The third kappa shape index (κ3) is 2.57. The highest BCUT2D eigenvalue weighted by Crippen LogP contribution is 2.36. The molecule has 1 aliphatic heterocycles. The van der Waals surface area contributed by atoms with E-state index in [4.69, 9.17) is 0 Å². The smallest absolute Gasteiger partial charge is 0.0858 e. The topological polar surface area (TPSA) is 42.7 Å². The average molecular weight is 294 g/mol. The predicted molar refractivity (Wildman–Crippen MR) is 80.7 cm³/mol. The van der Waals surface area contributed by atoms with Gasteiger partial charge < -0.3 is 5.32 Å².